The number of rotatable bonds is 4. The summed E-state index contributed by atoms with van der Waals surface area (Å²) in [6, 6.07) is 13.9. The summed E-state index contributed by atoms with van der Waals surface area (Å²) in [4.78, 5) is 24.2. The number of fused-ring (bicyclic) bond motifs is 3. The summed E-state index contributed by atoms with van der Waals surface area (Å²) in [6.07, 6.45) is 0.881. The van der Waals surface area contributed by atoms with E-state index >= 15 is 0 Å². The fourth-order valence-electron chi connectivity index (χ4n) is 3.23. The van der Waals surface area contributed by atoms with Crippen LogP contribution in [0.15, 0.2) is 58.5 Å². The van der Waals surface area contributed by atoms with Crippen molar-refractivity contribution in [2.24, 2.45) is 15.9 Å². The lowest BCUT2D eigenvalue weighted by molar-refractivity contribution is -0.125. The van der Waals surface area contributed by atoms with Gasteiger partial charge in [0.15, 0.2) is 5.17 Å². The second-order valence-corrected chi connectivity index (χ2v) is 7.73. The van der Waals surface area contributed by atoms with Crippen LogP contribution in [0.25, 0.3) is 0 Å². The van der Waals surface area contributed by atoms with Gasteiger partial charge in [0.25, 0.3) is 5.91 Å². The van der Waals surface area contributed by atoms with Crippen LogP contribution in [-0.2, 0) is 10.5 Å². The van der Waals surface area contributed by atoms with Crippen LogP contribution in [0.3, 0.4) is 0 Å². The van der Waals surface area contributed by atoms with E-state index in [0.717, 1.165) is 23.2 Å². The SMILES string of the molecule is CC[C@H](C)[C@H]1N=C2c3ccccc3N=C(SCc3cccc(F)c3)N2C1=O. The Morgan fingerprint density at radius 2 is 2.04 bits per heavy atom. The number of carbonyl (C=O) groups excluding carboxylic acids is 1. The number of para-hydroxylation sites is 1. The number of benzene rings is 2. The monoisotopic (exact) mass is 381 g/mol. The van der Waals surface area contributed by atoms with Gasteiger partial charge in [-0.3, -0.25) is 9.79 Å². The van der Waals surface area contributed by atoms with Crippen molar-refractivity contribution >= 4 is 34.4 Å². The standard InChI is InChI=1S/C21H20FN3OS/c1-3-13(2)18-20(26)25-19(24-18)16-9-4-5-10-17(16)23-21(25)27-12-14-7-6-8-15(22)11-14/h4-11,13,18H,3,12H2,1-2H3/t13-,18+/m0/s1. The molecule has 2 aromatic rings. The first-order valence-corrected chi connectivity index (χ1v) is 10.0. The molecule has 4 nitrogen and oxygen atoms in total. The molecule has 0 saturated carbocycles. The van der Waals surface area contributed by atoms with Crippen LogP contribution in [0.1, 0.15) is 31.4 Å². The molecule has 0 bridgehead atoms. The molecule has 2 heterocycles. The smallest absolute Gasteiger partial charge is 0.259 e. The number of amides is 1. The highest BCUT2D eigenvalue weighted by molar-refractivity contribution is 8.13. The fraction of sp³-hybridized carbons (Fsp3) is 0.286. The minimum absolute atomic E-state index is 0.0284. The maximum absolute atomic E-state index is 13.5. The van der Waals surface area contributed by atoms with E-state index in [1.54, 1.807) is 11.0 Å². The molecule has 6 heteroatoms. The van der Waals surface area contributed by atoms with Crippen LogP contribution >= 0.6 is 11.8 Å². The van der Waals surface area contributed by atoms with E-state index in [1.807, 2.05) is 37.3 Å². The second kappa shape index (κ2) is 7.27. The lowest BCUT2D eigenvalue weighted by atomic mass is 10.00. The normalized spacial score (nSPS) is 19.3. The first kappa shape index (κ1) is 17.9. The molecule has 2 aliphatic rings. The van der Waals surface area contributed by atoms with Gasteiger partial charge < -0.3 is 0 Å². The van der Waals surface area contributed by atoms with Gasteiger partial charge in [-0.15, -0.1) is 0 Å². The van der Waals surface area contributed by atoms with E-state index in [-0.39, 0.29) is 23.7 Å². The minimum Gasteiger partial charge on any atom is -0.271 e. The number of halogens is 1. The zero-order chi connectivity index (χ0) is 19.0. The van der Waals surface area contributed by atoms with Crippen molar-refractivity contribution in [3.05, 3.63) is 65.5 Å². The highest BCUT2D eigenvalue weighted by atomic mass is 32.2. The summed E-state index contributed by atoms with van der Waals surface area (Å²) in [7, 11) is 0. The van der Waals surface area contributed by atoms with Gasteiger partial charge in [0, 0.05) is 11.3 Å². The maximum Gasteiger partial charge on any atom is 0.259 e. The summed E-state index contributed by atoms with van der Waals surface area (Å²) in [5.41, 5.74) is 2.55. The van der Waals surface area contributed by atoms with Crippen molar-refractivity contribution in [1.82, 2.24) is 4.90 Å². The van der Waals surface area contributed by atoms with E-state index in [4.69, 9.17) is 9.98 Å². The van der Waals surface area contributed by atoms with Crippen molar-refractivity contribution in [2.75, 3.05) is 0 Å². The average Bonchev–Trinajstić information content (AvgIpc) is 3.03. The molecule has 27 heavy (non-hydrogen) atoms. The van der Waals surface area contributed by atoms with Crippen molar-refractivity contribution in [2.45, 2.75) is 32.1 Å². The molecule has 2 aliphatic heterocycles. The van der Waals surface area contributed by atoms with Gasteiger partial charge in [-0.2, -0.15) is 0 Å². The topological polar surface area (TPSA) is 45.0 Å². The van der Waals surface area contributed by atoms with Gasteiger partial charge in [0.1, 0.15) is 17.7 Å². The van der Waals surface area contributed by atoms with Crippen LogP contribution in [0.4, 0.5) is 10.1 Å². The van der Waals surface area contributed by atoms with Gasteiger partial charge in [0.2, 0.25) is 0 Å². The predicted octanol–water partition coefficient (Wildman–Crippen LogP) is 4.76. The Kier molecular flexibility index (Phi) is 4.83. The van der Waals surface area contributed by atoms with Gasteiger partial charge in [-0.25, -0.2) is 14.3 Å². The van der Waals surface area contributed by atoms with Crippen molar-refractivity contribution in [1.29, 1.82) is 0 Å². The number of amidine groups is 2. The zero-order valence-corrected chi connectivity index (χ0v) is 16.0. The van der Waals surface area contributed by atoms with Crippen LogP contribution in [0.5, 0.6) is 0 Å². The Hall–Kier alpha value is -2.47. The molecule has 4 rings (SSSR count). The third kappa shape index (κ3) is 3.30. The number of carbonyl (C=O) groups is 1. The van der Waals surface area contributed by atoms with E-state index in [0.29, 0.717) is 16.8 Å². The Labute approximate surface area is 162 Å². The maximum atomic E-state index is 13.5. The lowest BCUT2D eigenvalue weighted by Gasteiger charge is -2.26. The highest BCUT2D eigenvalue weighted by Gasteiger charge is 2.42. The van der Waals surface area contributed by atoms with Crippen LogP contribution in [0, 0.1) is 11.7 Å². The summed E-state index contributed by atoms with van der Waals surface area (Å²) < 4.78 is 13.5. The van der Waals surface area contributed by atoms with Crippen LogP contribution in [-0.4, -0.2) is 27.9 Å². The molecule has 0 aromatic heterocycles. The van der Waals surface area contributed by atoms with E-state index in [1.165, 1.54) is 23.9 Å². The van der Waals surface area contributed by atoms with Crippen molar-refractivity contribution in [3.8, 4) is 0 Å². The Bertz CT molecular complexity index is 956. The summed E-state index contributed by atoms with van der Waals surface area (Å²) in [6.45, 7) is 4.12. The van der Waals surface area contributed by atoms with Crippen LogP contribution in [0.2, 0.25) is 0 Å². The molecule has 138 valence electrons. The van der Waals surface area contributed by atoms with Crippen molar-refractivity contribution in [3.63, 3.8) is 0 Å². The van der Waals surface area contributed by atoms with E-state index in [9.17, 15) is 9.18 Å². The van der Waals surface area contributed by atoms with Gasteiger partial charge in [-0.05, 0) is 35.7 Å². The molecule has 1 amide bonds. The third-order valence-corrected chi connectivity index (χ3v) is 5.95. The largest absolute Gasteiger partial charge is 0.271 e. The van der Waals surface area contributed by atoms with Gasteiger partial charge in [0.05, 0.1) is 5.69 Å². The molecule has 0 N–H and O–H groups in total. The quantitative estimate of drug-likeness (QED) is 0.766. The summed E-state index contributed by atoms with van der Waals surface area (Å²) in [5, 5.41) is 0.604. The first-order valence-electron chi connectivity index (χ1n) is 9.05. The zero-order valence-electron chi connectivity index (χ0n) is 15.2. The average molecular weight is 381 g/mol. The number of nitrogens with zero attached hydrogens (tertiary/aromatic N) is 3. The van der Waals surface area contributed by atoms with Gasteiger partial charge >= 0.3 is 0 Å². The molecule has 0 radical (unpaired) electrons. The van der Waals surface area contributed by atoms with E-state index in [2.05, 4.69) is 6.92 Å². The molecule has 2 atom stereocenters. The molecule has 0 unspecified atom stereocenters. The van der Waals surface area contributed by atoms with Crippen molar-refractivity contribution < 1.29 is 9.18 Å². The molecule has 0 aliphatic carbocycles. The lowest BCUT2D eigenvalue weighted by Crippen LogP contribution is -2.42. The Morgan fingerprint density at radius 3 is 2.81 bits per heavy atom. The Balaban J connectivity index is 1.68. The highest BCUT2D eigenvalue weighted by Crippen LogP contribution is 2.35. The molecular weight excluding hydrogens is 361 g/mol. The van der Waals surface area contributed by atoms with Gasteiger partial charge in [-0.1, -0.05) is 56.3 Å². The predicted molar refractivity (Wildman–Crippen MR) is 108 cm³/mol. The fourth-order valence-corrected chi connectivity index (χ4v) is 4.18. The minimum atomic E-state index is -0.379. The molecular formula is C21H20FN3OS. The summed E-state index contributed by atoms with van der Waals surface area (Å²) >= 11 is 1.43. The molecule has 0 saturated heterocycles. The molecule has 2 aromatic carbocycles. The number of thioether (sulfide) groups is 1. The first-order chi connectivity index (χ1) is 13.1. The number of hydrogen-bond acceptors (Lipinski definition) is 4. The summed E-state index contributed by atoms with van der Waals surface area (Å²) in [5.74, 6) is 1.08. The Morgan fingerprint density at radius 1 is 1.22 bits per heavy atom. The van der Waals surface area contributed by atoms with E-state index < -0.39 is 0 Å². The second-order valence-electron chi connectivity index (χ2n) is 6.79. The number of aliphatic imine (C=N–C) groups is 2. The third-order valence-electron chi connectivity index (χ3n) is 4.94. The number of hydrogen-bond donors (Lipinski definition) is 0. The van der Waals surface area contributed by atoms with Crippen LogP contribution < -0.4 is 0 Å². The molecule has 0 fully saturated rings. The molecule has 0 spiro atoms.